The summed E-state index contributed by atoms with van der Waals surface area (Å²) in [6.45, 7) is 4.18. The fourth-order valence-electron chi connectivity index (χ4n) is 2.82. The minimum Gasteiger partial charge on any atom is -0.484 e. The van der Waals surface area contributed by atoms with Gasteiger partial charge >= 0.3 is 0 Å². The van der Waals surface area contributed by atoms with Crippen LogP contribution in [0.4, 0.5) is 0 Å². The van der Waals surface area contributed by atoms with Gasteiger partial charge in [-0.25, -0.2) is 0 Å². The van der Waals surface area contributed by atoms with Crippen LogP contribution in [0.25, 0.3) is 0 Å². The third-order valence-electron chi connectivity index (χ3n) is 4.20. The zero-order valence-corrected chi connectivity index (χ0v) is 16.2. The van der Waals surface area contributed by atoms with Crippen LogP contribution in [0.1, 0.15) is 5.56 Å². The lowest BCUT2D eigenvalue weighted by molar-refractivity contribution is -0.135. The van der Waals surface area contributed by atoms with Crippen LogP contribution in [0.5, 0.6) is 5.75 Å². The Morgan fingerprint density at radius 1 is 1.08 bits per heavy atom. The first-order valence-corrected chi connectivity index (χ1v) is 9.40. The number of halogens is 2. The smallest absolute Gasteiger partial charge is 0.260 e. The van der Waals surface area contributed by atoms with E-state index in [4.69, 9.17) is 16.3 Å². The molecule has 132 valence electrons. The molecule has 0 radical (unpaired) electrons. The summed E-state index contributed by atoms with van der Waals surface area (Å²) in [6, 6.07) is 15.4. The zero-order valence-electron chi connectivity index (χ0n) is 13.8. The summed E-state index contributed by atoms with van der Waals surface area (Å²) in [5, 5.41) is 0.653. The van der Waals surface area contributed by atoms with Gasteiger partial charge in [-0.2, -0.15) is 0 Å². The molecule has 0 unspecified atom stereocenters. The standard InChI is InChI=1S/C19H20BrClN2O2/c20-16-3-1-2-15(12-16)13-22-8-10-23(11-9-22)19(24)14-25-18-6-4-17(21)5-7-18/h1-7,12H,8-11,13-14H2. The Labute approximate surface area is 161 Å². The van der Waals surface area contributed by atoms with E-state index in [2.05, 4.69) is 33.0 Å². The number of ether oxygens (including phenoxy) is 1. The predicted octanol–water partition coefficient (Wildman–Crippen LogP) is 3.83. The van der Waals surface area contributed by atoms with Crippen LogP contribution in [-0.4, -0.2) is 48.5 Å². The number of piperazine rings is 1. The number of carbonyl (C=O) groups excluding carboxylic acids is 1. The highest BCUT2D eigenvalue weighted by atomic mass is 79.9. The molecule has 0 aliphatic carbocycles. The normalized spacial score (nSPS) is 15.2. The Hall–Kier alpha value is -1.56. The maximum absolute atomic E-state index is 12.3. The first-order valence-electron chi connectivity index (χ1n) is 8.23. The molecular weight excluding hydrogens is 404 g/mol. The minimum atomic E-state index is 0.0251. The van der Waals surface area contributed by atoms with Gasteiger partial charge in [-0.15, -0.1) is 0 Å². The number of hydrogen-bond donors (Lipinski definition) is 0. The van der Waals surface area contributed by atoms with Crippen molar-refractivity contribution in [1.29, 1.82) is 0 Å². The monoisotopic (exact) mass is 422 g/mol. The van der Waals surface area contributed by atoms with Crippen molar-refractivity contribution in [3.8, 4) is 5.75 Å². The van der Waals surface area contributed by atoms with Crippen molar-refractivity contribution in [1.82, 2.24) is 9.80 Å². The van der Waals surface area contributed by atoms with Gasteiger partial charge in [0.25, 0.3) is 5.91 Å². The van der Waals surface area contributed by atoms with E-state index < -0.39 is 0 Å². The second-order valence-electron chi connectivity index (χ2n) is 6.03. The molecule has 1 heterocycles. The van der Waals surface area contributed by atoms with Gasteiger partial charge in [0.05, 0.1) is 0 Å². The average molecular weight is 424 g/mol. The highest BCUT2D eigenvalue weighted by Gasteiger charge is 2.21. The van der Waals surface area contributed by atoms with Gasteiger partial charge in [0.2, 0.25) is 0 Å². The van der Waals surface area contributed by atoms with Gasteiger partial charge < -0.3 is 9.64 Å². The van der Waals surface area contributed by atoms with Gasteiger partial charge in [0.1, 0.15) is 5.75 Å². The van der Waals surface area contributed by atoms with Gasteiger partial charge in [-0.1, -0.05) is 39.7 Å². The molecule has 2 aromatic rings. The van der Waals surface area contributed by atoms with Crippen LogP contribution in [0.15, 0.2) is 53.0 Å². The molecule has 1 aliphatic rings. The molecule has 0 bridgehead atoms. The Morgan fingerprint density at radius 3 is 2.48 bits per heavy atom. The fourth-order valence-corrected chi connectivity index (χ4v) is 3.39. The van der Waals surface area contributed by atoms with Crippen LogP contribution in [-0.2, 0) is 11.3 Å². The van der Waals surface area contributed by atoms with Crippen LogP contribution in [0, 0.1) is 0 Å². The lowest BCUT2D eigenvalue weighted by Gasteiger charge is -2.34. The first-order chi connectivity index (χ1) is 12.1. The van der Waals surface area contributed by atoms with E-state index in [1.807, 2.05) is 17.0 Å². The maximum Gasteiger partial charge on any atom is 0.260 e. The number of nitrogens with zero attached hydrogens (tertiary/aromatic N) is 2. The van der Waals surface area contributed by atoms with E-state index in [0.29, 0.717) is 10.8 Å². The minimum absolute atomic E-state index is 0.0251. The summed E-state index contributed by atoms with van der Waals surface area (Å²) in [4.78, 5) is 16.5. The Morgan fingerprint density at radius 2 is 1.80 bits per heavy atom. The van der Waals surface area contributed by atoms with Crippen molar-refractivity contribution in [2.24, 2.45) is 0 Å². The van der Waals surface area contributed by atoms with Crippen molar-refractivity contribution in [3.63, 3.8) is 0 Å². The van der Waals surface area contributed by atoms with E-state index in [1.165, 1.54) is 5.56 Å². The van der Waals surface area contributed by atoms with E-state index >= 15 is 0 Å². The van der Waals surface area contributed by atoms with E-state index in [9.17, 15) is 4.79 Å². The predicted molar refractivity (Wildman–Crippen MR) is 103 cm³/mol. The molecule has 1 saturated heterocycles. The molecule has 1 aliphatic heterocycles. The molecule has 3 rings (SSSR count). The van der Waals surface area contributed by atoms with Crippen molar-refractivity contribution < 1.29 is 9.53 Å². The first kappa shape index (κ1) is 18.2. The molecule has 25 heavy (non-hydrogen) atoms. The van der Waals surface area contributed by atoms with Gasteiger partial charge in [-0.05, 0) is 42.0 Å². The van der Waals surface area contributed by atoms with Crippen molar-refractivity contribution in [2.45, 2.75) is 6.54 Å². The molecule has 0 spiro atoms. The van der Waals surface area contributed by atoms with E-state index in [0.717, 1.165) is 37.2 Å². The lowest BCUT2D eigenvalue weighted by Crippen LogP contribution is -2.49. The Kier molecular flexibility index (Phi) is 6.34. The van der Waals surface area contributed by atoms with Crippen LogP contribution in [0.3, 0.4) is 0 Å². The molecule has 0 aromatic heterocycles. The molecule has 4 nitrogen and oxygen atoms in total. The average Bonchev–Trinajstić information content (AvgIpc) is 2.62. The quantitative estimate of drug-likeness (QED) is 0.733. The van der Waals surface area contributed by atoms with E-state index in [1.54, 1.807) is 24.3 Å². The molecule has 1 fully saturated rings. The van der Waals surface area contributed by atoms with Crippen molar-refractivity contribution >= 4 is 33.4 Å². The maximum atomic E-state index is 12.3. The van der Waals surface area contributed by atoms with Gasteiger partial charge in [0.15, 0.2) is 6.61 Å². The second kappa shape index (κ2) is 8.70. The summed E-state index contributed by atoms with van der Waals surface area (Å²) < 4.78 is 6.64. The number of amides is 1. The molecule has 0 atom stereocenters. The largest absolute Gasteiger partial charge is 0.484 e. The molecule has 6 heteroatoms. The highest BCUT2D eigenvalue weighted by molar-refractivity contribution is 9.10. The molecule has 0 saturated carbocycles. The number of carbonyl (C=O) groups is 1. The number of benzene rings is 2. The van der Waals surface area contributed by atoms with Crippen molar-refractivity contribution in [2.75, 3.05) is 32.8 Å². The molecule has 0 N–H and O–H groups in total. The summed E-state index contributed by atoms with van der Waals surface area (Å²) in [7, 11) is 0. The summed E-state index contributed by atoms with van der Waals surface area (Å²) in [5.74, 6) is 0.683. The highest BCUT2D eigenvalue weighted by Crippen LogP contribution is 2.16. The van der Waals surface area contributed by atoms with Crippen molar-refractivity contribution in [3.05, 3.63) is 63.6 Å². The summed E-state index contributed by atoms with van der Waals surface area (Å²) in [5.41, 5.74) is 1.28. The third-order valence-corrected chi connectivity index (χ3v) is 4.94. The fraction of sp³-hybridized carbons (Fsp3) is 0.316. The zero-order chi connectivity index (χ0) is 17.6. The third kappa shape index (κ3) is 5.46. The lowest BCUT2D eigenvalue weighted by atomic mass is 10.2. The van der Waals surface area contributed by atoms with Gasteiger partial charge in [0, 0.05) is 42.2 Å². The number of hydrogen-bond acceptors (Lipinski definition) is 3. The van der Waals surface area contributed by atoms with Crippen LogP contribution in [0.2, 0.25) is 5.02 Å². The molecule has 1 amide bonds. The van der Waals surface area contributed by atoms with E-state index in [-0.39, 0.29) is 12.5 Å². The Balaban J connectivity index is 1.43. The van der Waals surface area contributed by atoms with Crippen LogP contribution >= 0.6 is 27.5 Å². The van der Waals surface area contributed by atoms with Crippen LogP contribution < -0.4 is 4.74 Å². The molecule has 2 aromatic carbocycles. The topological polar surface area (TPSA) is 32.8 Å². The second-order valence-corrected chi connectivity index (χ2v) is 7.38. The van der Waals surface area contributed by atoms with Gasteiger partial charge in [-0.3, -0.25) is 9.69 Å². The molecular formula is C19H20BrClN2O2. The summed E-state index contributed by atoms with van der Waals surface area (Å²) in [6.07, 6.45) is 0. The summed E-state index contributed by atoms with van der Waals surface area (Å²) >= 11 is 9.34. The Bertz CT molecular complexity index is 716. The SMILES string of the molecule is O=C(COc1ccc(Cl)cc1)N1CCN(Cc2cccc(Br)c2)CC1. The number of rotatable bonds is 5.